The fourth-order valence-corrected chi connectivity index (χ4v) is 9.63. The Bertz CT molecular complexity index is 1120. The molecule has 5 fully saturated rings. The quantitative estimate of drug-likeness (QED) is 0.485. The fourth-order valence-electron chi connectivity index (χ4n) is 9.63. The van der Waals surface area contributed by atoms with Crippen molar-refractivity contribution < 1.29 is 9.90 Å². The van der Waals surface area contributed by atoms with Gasteiger partial charge in [-0.05, 0) is 88.3 Å². The zero-order valence-electron chi connectivity index (χ0n) is 23.0. The average molecular weight is 519 g/mol. The van der Waals surface area contributed by atoms with Gasteiger partial charge in [-0.25, -0.2) is 4.98 Å². The third-order valence-electron chi connectivity index (χ3n) is 11.0. The molecule has 3 unspecified atom stereocenters. The Morgan fingerprint density at radius 3 is 2.24 bits per heavy atom. The summed E-state index contributed by atoms with van der Waals surface area (Å²) in [6, 6.07) is 11.4. The van der Waals surface area contributed by atoms with Crippen LogP contribution < -0.4 is 0 Å². The maximum absolute atomic E-state index is 11.7. The van der Waals surface area contributed by atoms with Gasteiger partial charge in [0.1, 0.15) is 5.82 Å². The lowest BCUT2D eigenvalue weighted by atomic mass is 9.73. The lowest BCUT2D eigenvalue weighted by Gasteiger charge is -2.55. The summed E-state index contributed by atoms with van der Waals surface area (Å²) in [7, 11) is 0. The van der Waals surface area contributed by atoms with E-state index in [1.54, 1.807) is 0 Å². The normalized spacial score (nSPS) is 36.7. The molecule has 7 atom stereocenters. The van der Waals surface area contributed by atoms with E-state index in [1.807, 2.05) is 0 Å². The molecular formula is C32H46N4O2. The van der Waals surface area contributed by atoms with Crippen LogP contribution in [-0.2, 0) is 4.79 Å². The van der Waals surface area contributed by atoms with Crippen LogP contribution in [0.4, 0.5) is 0 Å². The molecule has 3 saturated heterocycles. The smallest absolute Gasteiger partial charge is 0.317 e. The van der Waals surface area contributed by atoms with Gasteiger partial charge in [0.2, 0.25) is 0 Å². The van der Waals surface area contributed by atoms with Gasteiger partial charge in [0.25, 0.3) is 0 Å². The number of carboxylic acid groups (broad SMARTS) is 1. The van der Waals surface area contributed by atoms with Crippen molar-refractivity contribution in [1.82, 2.24) is 19.4 Å². The third-order valence-corrected chi connectivity index (χ3v) is 11.0. The van der Waals surface area contributed by atoms with E-state index in [0.717, 1.165) is 55.0 Å². The van der Waals surface area contributed by atoms with E-state index in [0.29, 0.717) is 18.1 Å². The van der Waals surface area contributed by atoms with Gasteiger partial charge >= 0.3 is 5.97 Å². The van der Waals surface area contributed by atoms with Crippen molar-refractivity contribution >= 4 is 17.0 Å². The second-order valence-electron chi connectivity index (χ2n) is 13.4. The number of benzene rings is 1. The highest BCUT2D eigenvalue weighted by atomic mass is 16.4. The molecule has 4 bridgehead atoms. The number of imidazole rings is 1. The first kappa shape index (κ1) is 25.1. The Hall–Kier alpha value is -1.92. The van der Waals surface area contributed by atoms with E-state index in [1.165, 1.54) is 82.6 Å². The number of hydrogen-bond donors (Lipinski definition) is 1. The molecule has 7 rings (SSSR count). The Balaban J connectivity index is 1.20. The number of aliphatic carboxylic acids is 1. The molecule has 6 nitrogen and oxygen atoms in total. The number of aromatic nitrogens is 2. The van der Waals surface area contributed by atoms with Crippen LogP contribution in [0.5, 0.6) is 0 Å². The summed E-state index contributed by atoms with van der Waals surface area (Å²) < 4.78 is 2.60. The van der Waals surface area contributed by atoms with E-state index in [-0.39, 0.29) is 12.6 Å². The molecule has 38 heavy (non-hydrogen) atoms. The van der Waals surface area contributed by atoms with Crippen molar-refractivity contribution in [2.45, 2.75) is 127 Å². The van der Waals surface area contributed by atoms with Crippen LogP contribution >= 0.6 is 0 Å². The predicted molar refractivity (Wildman–Crippen MR) is 150 cm³/mol. The Kier molecular flexibility index (Phi) is 6.98. The van der Waals surface area contributed by atoms with Gasteiger partial charge in [0.05, 0.1) is 23.6 Å². The van der Waals surface area contributed by atoms with Crippen molar-refractivity contribution in [2.24, 2.45) is 11.8 Å². The molecule has 5 aliphatic rings. The number of nitrogens with zero attached hydrogens (tertiary/aromatic N) is 4. The summed E-state index contributed by atoms with van der Waals surface area (Å²) in [4.78, 5) is 22.2. The van der Waals surface area contributed by atoms with Crippen LogP contribution in [0, 0.1) is 11.8 Å². The topological polar surface area (TPSA) is 61.6 Å². The Morgan fingerprint density at radius 2 is 1.50 bits per heavy atom. The molecule has 0 spiro atoms. The van der Waals surface area contributed by atoms with Crippen LogP contribution in [0.2, 0.25) is 0 Å². The van der Waals surface area contributed by atoms with Gasteiger partial charge < -0.3 is 9.67 Å². The summed E-state index contributed by atoms with van der Waals surface area (Å²) >= 11 is 0. The zero-order valence-corrected chi connectivity index (χ0v) is 23.0. The maximum atomic E-state index is 11.7. The zero-order chi connectivity index (χ0) is 25.6. The molecule has 2 saturated carbocycles. The average Bonchev–Trinajstić information content (AvgIpc) is 3.21. The first-order valence-electron chi connectivity index (χ1n) is 15.8. The first-order valence-corrected chi connectivity index (χ1v) is 15.8. The molecule has 0 radical (unpaired) electrons. The lowest BCUT2D eigenvalue weighted by Crippen LogP contribution is -2.58. The molecular weight excluding hydrogens is 472 g/mol. The number of hydrogen-bond acceptors (Lipinski definition) is 4. The van der Waals surface area contributed by atoms with Crippen LogP contribution in [-0.4, -0.2) is 61.6 Å². The number of carboxylic acids is 1. The number of likely N-dealkylation sites (tertiary alicyclic amines) is 1. The monoisotopic (exact) mass is 518 g/mol. The first-order chi connectivity index (χ1) is 18.6. The van der Waals surface area contributed by atoms with Crippen molar-refractivity contribution in [3.05, 3.63) is 30.1 Å². The highest BCUT2D eigenvalue weighted by Crippen LogP contribution is 2.48. The molecule has 2 aliphatic carbocycles. The van der Waals surface area contributed by atoms with Crippen molar-refractivity contribution in [3.63, 3.8) is 0 Å². The molecule has 2 aromatic rings. The van der Waals surface area contributed by atoms with Crippen LogP contribution in [0.3, 0.4) is 0 Å². The largest absolute Gasteiger partial charge is 0.480 e. The number of fused-ring (bicyclic) bond motifs is 5. The van der Waals surface area contributed by atoms with Gasteiger partial charge in [0, 0.05) is 24.2 Å². The number of rotatable bonds is 5. The van der Waals surface area contributed by atoms with Crippen molar-refractivity contribution in [2.75, 3.05) is 13.1 Å². The molecule has 1 aromatic carbocycles. The standard InChI is InChI=1S/C32H46N4O2/c37-31(38)21-34-15-6-5-14-30(34)32-33-28-12-3-4-13-29(28)36(32)27-19-24-10-7-11-25(20-27)35(24)26-17-22-8-1-2-9-23(16-22)18-26/h3-4,12-13,22-27,30H,1-2,5-11,14-21H2,(H,37,38)/t22-,23+,24-,25+,26?,27?,30?. The van der Waals surface area contributed by atoms with E-state index < -0.39 is 5.97 Å². The molecule has 6 heteroatoms. The van der Waals surface area contributed by atoms with E-state index in [4.69, 9.17) is 4.98 Å². The molecule has 0 amide bonds. The maximum Gasteiger partial charge on any atom is 0.317 e. The van der Waals surface area contributed by atoms with Gasteiger partial charge in [0.15, 0.2) is 0 Å². The Morgan fingerprint density at radius 1 is 0.789 bits per heavy atom. The summed E-state index contributed by atoms with van der Waals surface area (Å²) in [5, 5.41) is 9.65. The molecule has 1 aromatic heterocycles. The van der Waals surface area contributed by atoms with E-state index in [9.17, 15) is 9.90 Å². The fraction of sp³-hybridized carbons (Fsp3) is 0.750. The minimum Gasteiger partial charge on any atom is -0.480 e. The van der Waals surface area contributed by atoms with Crippen LogP contribution in [0.15, 0.2) is 24.3 Å². The van der Waals surface area contributed by atoms with Crippen LogP contribution in [0.1, 0.15) is 114 Å². The number of carbonyl (C=O) groups is 1. The van der Waals surface area contributed by atoms with Gasteiger partial charge in [-0.15, -0.1) is 0 Å². The highest BCUT2D eigenvalue weighted by Gasteiger charge is 2.45. The summed E-state index contributed by atoms with van der Waals surface area (Å²) in [6.07, 6.45) is 20.0. The van der Waals surface area contributed by atoms with Gasteiger partial charge in [-0.3, -0.25) is 14.6 Å². The third kappa shape index (κ3) is 4.70. The highest BCUT2D eigenvalue weighted by molar-refractivity contribution is 5.76. The van der Waals surface area contributed by atoms with Crippen LogP contribution in [0.25, 0.3) is 11.0 Å². The number of piperidine rings is 3. The number of para-hydroxylation sites is 2. The summed E-state index contributed by atoms with van der Waals surface area (Å²) in [5.74, 6) is 2.34. The van der Waals surface area contributed by atoms with Gasteiger partial charge in [-0.2, -0.15) is 0 Å². The summed E-state index contributed by atoms with van der Waals surface area (Å²) in [6.45, 7) is 0.968. The minimum atomic E-state index is -0.726. The van der Waals surface area contributed by atoms with E-state index >= 15 is 0 Å². The second-order valence-corrected chi connectivity index (χ2v) is 13.4. The second kappa shape index (κ2) is 10.6. The molecule has 1 N–H and O–H groups in total. The van der Waals surface area contributed by atoms with Crippen molar-refractivity contribution in [1.29, 1.82) is 0 Å². The summed E-state index contributed by atoms with van der Waals surface area (Å²) in [5.41, 5.74) is 2.33. The lowest BCUT2D eigenvalue weighted by molar-refractivity contribution is -0.139. The minimum absolute atomic E-state index is 0.103. The molecule has 4 heterocycles. The SMILES string of the molecule is O=C(O)CN1CCCCC1c1nc2ccccc2n1C1C[C@H]2CCC[C@@H](C1)N2C1C[C@H]2CCCC[C@@H](C1)C2. The van der Waals surface area contributed by atoms with Gasteiger partial charge in [-0.1, -0.05) is 50.7 Å². The Labute approximate surface area is 227 Å². The molecule has 206 valence electrons. The predicted octanol–water partition coefficient (Wildman–Crippen LogP) is 6.56. The van der Waals surface area contributed by atoms with E-state index in [2.05, 4.69) is 38.6 Å². The van der Waals surface area contributed by atoms with Crippen molar-refractivity contribution in [3.8, 4) is 0 Å². The molecule has 3 aliphatic heterocycles.